The molecule has 0 aliphatic rings. The van der Waals surface area contributed by atoms with E-state index in [2.05, 4.69) is 15.5 Å². The van der Waals surface area contributed by atoms with Crippen LogP contribution in [0.15, 0.2) is 52.6 Å². The molecule has 3 aromatic heterocycles. The number of thiophene rings is 1. The van der Waals surface area contributed by atoms with E-state index in [0.29, 0.717) is 17.1 Å². The van der Waals surface area contributed by atoms with Gasteiger partial charge >= 0.3 is 0 Å². The van der Waals surface area contributed by atoms with Gasteiger partial charge < -0.3 is 14.6 Å². The molecule has 3 rings (SSSR count). The van der Waals surface area contributed by atoms with Crippen LogP contribution >= 0.6 is 11.3 Å². The minimum atomic E-state index is -0.241. The van der Waals surface area contributed by atoms with Crippen molar-refractivity contribution in [3.63, 3.8) is 0 Å². The molecular weight excluding hydrogens is 302 g/mol. The Balaban J connectivity index is 1.46. The van der Waals surface area contributed by atoms with E-state index in [9.17, 15) is 4.79 Å². The second-order valence-corrected chi connectivity index (χ2v) is 5.39. The normalized spacial score (nSPS) is 10.5. The molecule has 0 spiro atoms. The van der Waals surface area contributed by atoms with Crippen LogP contribution in [0, 0.1) is 0 Å². The first kappa shape index (κ1) is 14.4. The maximum atomic E-state index is 11.7. The van der Waals surface area contributed by atoms with Gasteiger partial charge in [0.15, 0.2) is 5.76 Å². The minimum absolute atomic E-state index is 0.0594. The summed E-state index contributed by atoms with van der Waals surface area (Å²) in [4.78, 5) is 16.6. The SMILES string of the molecule is O=C(COCc1cc(-c2cccs2)on1)Nc1cccnc1. The number of aromatic nitrogens is 2. The number of hydrogen-bond donors (Lipinski definition) is 1. The van der Waals surface area contributed by atoms with Crippen molar-refractivity contribution in [3.05, 3.63) is 53.8 Å². The van der Waals surface area contributed by atoms with E-state index in [1.54, 1.807) is 35.9 Å². The number of hydrogen-bond acceptors (Lipinski definition) is 6. The first-order chi connectivity index (χ1) is 10.8. The molecule has 7 heteroatoms. The van der Waals surface area contributed by atoms with Crippen molar-refractivity contribution in [2.45, 2.75) is 6.61 Å². The van der Waals surface area contributed by atoms with Crippen LogP contribution in [0.1, 0.15) is 5.69 Å². The smallest absolute Gasteiger partial charge is 0.250 e. The number of amides is 1. The quantitative estimate of drug-likeness (QED) is 0.756. The molecule has 0 fully saturated rings. The highest BCUT2D eigenvalue weighted by Crippen LogP contribution is 2.25. The molecule has 22 heavy (non-hydrogen) atoms. The van der Waals surface area contributed by atoms with Crippen LogP contribution in [0.2, 0.25) is 0 Å². The van der Waals surface area contributed by atoms with Gasteiger partial charge in [0.1, 0.15) is 12.3 Å². The zero-order valence-corrected chi connectivity index (χ0v) is 12.4. The summed E-state index contributed by atoms with van der Waals surface area (Å²) in [6.45, 7) is 0.158. The summed E-state index contributed by atoms with van der Waals surface area (Å²) in [5.74, 6) is 0.461. The molecule has 0 radical (unpaired) electrons. The molecule has 0 aliphatic carbocycles. The van der Waals surface area contributed by atoms with Crippen LogP contribution in [-0.4, -0.2) is 22.7 Å². The van der Waals surface area contributed by atoms with E-state index in [1.165, 1.54) is 0 Å². The Kier molecular flexibility index (Phi) is 4.57. The van der Waals surface area contributed by atoms with E-state index in [1.807, 2.05) is 23.6 Å². The van der Waals surface area contributed by atoms with Crippen molar-refractivity contribution < 1.29 is 14.1 Å². The third-order valence-electron chi connectivity index (χ3n) is 2.75. The number of nitrogens with one attached hydrogen (secondary N) is 1. The maximum absolute atomic E-state index is 11.7. The van der Waals surface area contributed by atoms with Crippen molar-refractivity contribution in [1.82, 2.24) is 10.1 Å². The highest BCUT2D eigenvalue weighted by Gasteiger charge is 2.09. The first-order valence-electron chi connectivity index (χ1n) is 6.58. The molecule has 1 amide bonds. The highest BCUT2D eigenvalue weighted by molar-refractivity contribution is 7.13. The lowest BCUT2D eigenvalue weighted by Crippen LogP contribution is -2.18. The number of anilines is 1. The molecule has 3 aromatic rings. The molecule has 0 bridgehead atoms. The van der Waals surface area contributed by atoms with E-state index in [0.717, 1.165) is 4.88 Å². The monoisotopic (exact) mass is 315 g/mol. The lowest BCUT2D eigenvalue weighted by atomic mass is 10.3. The Morgan fingerprint density at radius 2 is 2.32 bits per heavy atom. The van der Waals surface area contributed by atoms with Gasteiger partial charge in [0.2, 0.25) is 5.91 Å². The molecule has 0 aromatic carbocycles. The fourth-order valence-electron chi connectivity index (χ4n) is 1.80. The van der Waals surface area contributed by atoms with E-state index in [4.69, 9.17) is 9.26 Å². The van der Waals surface area contributed by atoms with Crippen molar-refractivity contribution in [1.29, 1.82) is 0 Å². The van der Waals surface area contributed by atoms with Crippen LogP contribution < -0.4 is 5.32 Å². The molecule has 6 nitrogen and oxygen atoms in total. The molecule has 0 unspecified atom stereocenters. The van der Waals surface area contributed by atoms with Gasteiger partial charge in [0.05, 0.1) is 23.4 Å². The highest BCUT2D eigenvalue weighted by atomic mass is 32.1. The van der Waals surface area contributed by atoms with E-state index >= 15 is 0 Å². The van der Waals surface area contributed by atoms with Crippen molar-refractivity contribution in [3.8, 4) is 10.6 Å². The Morgan fingerprint density at radius 3 is 3.09 bits per heavy atom. The molecule has 0 atom stereocenters. The van der Waals surface area contributed by atoms with Gasteiger partial charge in [-0.2, -0.15) is 0 Å². The fraction of sp³-hybridized carbons (Fsp3) is 0.133. The number of carbonyl (C=O) groups is 1. The molecule has 0 aliphatic heterocycles. The molecule has 112 valence electrons. The zero-order valence-electron chi connectivity index (χ0n) is 11.6. The Morgan fingerprint density at radius 1 is 1.36 bits per heavy atom. The fourth-order valence-corrected chi connectivity index (χ4v) is 2.47. The van der Waals surface area contributed by atoms with Crippen LogP contribution in [0.3, 0.4) is 0 Å². The van der Waals surface area contributed by atoms with Crippen LogP contribution in [0.5, 0.6) is 0 Å². The van der Waals surface area contributed by atoms with Gasteiger partial charge in [-0.15, -0.1) is 11.3 Å². The first-order valence-corrected chi connectivity index (χ1v) is 7.46. The van der Waals surface area contributed by atoms with Crippen molar-refractivity contribution in [2.24, 2.45) is 0 Å². The Hall–Kier alpha value is -2.51. The molecular formula is C15H13N3O3S. The summed E-state index contributed by atoms with van der Waals surface area (Å²) >= 11 is 1.57. The number of rotatable bonds is 6. The van der Waals surface area contributed by atoms with E-state index < -0.39 is 0 Å². The maximum Gasteiger partial charge on any atom is 0.250 e. The van der Waals surface area contributed by atoms with Gasteiger partial charge in [-0.3, -0.25) is 9.78 Å². The number of nitrogens with zero attached hydrogens (tertiary/aromatic N) is 2. The molecule has 3 heterocycles. The van der Waals surface area contributed by atoms with Gasteiger partial charge in [-0.25, -0.2) is 0 Å². The van der Waals surface area contributed by atoms with Crippen LogP contribution in [-0.2, 0) is 16.1 Å². The Labute approximate surface area is 130 Å². The van der Waals surface area contributed by atoms with Crippen LogP contribution in [0.4, 0.5) is 5.69 Å². The standard InChI is InChI=1S/C15H13N3O3S/c19-15(17-11-3-1-5-16-8-11)10-20-9-12-7-13(21-18-12)14-4-2-6-22-14/h1-8H,9-10H2,(H,17,19). The van der Waals surface area contributed by atoms with Gasteiger partial charge in [-0.1, -0.05) is 11.2 Å². The summed E-state index contributed by atoms with van der Waals surface area (Å²) in [5.41, 5.74) is 1.29. The third kappa shape index (κ3) is 3.78. The number of pyridine rings is 1. The average Bonchev–Trinajstić information content (AvgIpc) is 3.19. The number of ether oxygens (including phenoxy) is 1. The number of carbonyl (C=O) groups excluding carboxylic acids is 1. The summed E-state index contributed by atoms with van der Waals surface area (Å²) in [5, 5.41) is 8.57. The summed E-state index contributed by atoms with van der Waals surface area (Å²) in [6.07, 6.45) is 3.21. The second-order valence-electron chi connectivity index (χ2n) is 4.44. The second kappa shape index (κ2) is 6.97. The molecule has 0 saturated heterocycles. The average molecular weight is 315 g/mol. The van der Waals surface area contributed by atoms with E-state index in [-0.39, 0.29) is 19.1 Å². The summed E-state index contributed by atoms with van der Waals surface area (Å²) < 4.78 is 10.6. The predicted molar refractivity (Wildman–Crippen MR) is 82.3 cm³/mol. The van der Waals surface area contributed by atoms with Crippen molar-refractivity contribution in [2.75, 3.05) is 11.9 Å². The van der Waals surface area contributed by atoms with Gasteiger partial charge in [0, 0.05) is 12.3 Å². The largest absolute Gasteiger partial charge is 0.365 e. The summed E-state index contributed by atoms with van der Waals surface area (Å²) in [7, 11) is 0. The van der Waals surface area contributed by atoms with Gasteiger partial charge in [-0.05, 0) is 23.6 Å². The summed E-state index contributed by atoms with van der Waals surface area (Å²) in [6, 6.07) is 9.22. The zero-order chi connectivity index (χ0) is 15.2. The lowest BCUT2D eigenvalue weighted by molar-refractivity contribution is -0.121. The van der Waals surface area contributed by atoms with Crippen molar-refractivity contribution >= 4 is 22.9 Å². The third-order valence-corrected chi connectivity index (χ3v) is 3.64. The Bertz CT molecular complexity index is 726. The topological polar surface area (TPSA) is 77.2 Å². The van der Waals surface area contributed by atoms with Crippen LogP contribution in [0.25, 0.3) is 10.6 Å². The lowest BCUT2D eigenvalue weighted by Gasteiger charge is -2.04. The minimum Gasteiger partial charge on any atom is -0.365 e. The van der Waals surface area contributed by atoms with Gasteiger partial charge in [0.25, 0.3) is 0 Å². The molecule has 1 N–H and O–H groups in total. The predicted octanol–water partition coefficient (Wildman–Crippen LogP) is 2.95. The molecule has 0 saturated carbocycles.